The third-order valence-corrected chi connectivity index (χ3v) is 6.80. The number of carbonyl (C=O) groups is 1. The minimum atomic E-state index is -4.08. The third kappa shape index (κ3) is 5.38. The minimum absolute atomic E-state index is 0.133. The van der Waals surface area contributed by atoms with Crippen LogP contribution in [0.1, 0.15) is 33.4 Å². The summed E-state index contributed by atoms with van der Waals surface area (Å²) in [6.07, 6.45) is 3.31. The lowest BCUT2D eigenvalue weighted by Crippen LogP contribution is -2.31. The predicted octanol–water partition coefficient (Wildman–Crippen LogP) is 4.33. The first-order valence-corrected chi connectivity index (χ1v) is 12.0. The van der Waals surface area contributed by atoms with Crippen LogP contribution in [0.2, 0.25) is 0 Å². The van der Waals surface area contributed by atoms with E-state index in [2.05, 4.69) is 15.0 Å². The third-order valence-electron chi connectivity index (χ3n) is 5.43. The number of carbonyl (C=O) groups excluding carboxylic acids is 1. The topological polar surface area (TPSA) is 93.1 Å². The number of amides is 1. The molecule has 0 radical (unpaired) electrons. The van der Waals surface area contributed by atoms with Gasteiger partial charge in [-0.15, -0.1) is 0 Å². The number of hydrogen-bond donors (Lipinski definition) is 2. The summed E-state index contributed by atoms with van der Waals surface area (Å²) in [6.45, 7) is 1.53. The Labute approximate surface area is 201 Å². The van der Waals surface area contributed by atoms with Crippen LogP contribution in [0.3, 0.4) is 0 Å². The molecule has 0 aliphatic heterocycles. The zero-order valence-electron chi connectivity index (χ0n) is 18.9. The maximum Gasteiger partial charge on any atom is 0.261 e. The van der Waals surface area contributed by atoms with Crippen LogP contribution in [-0.2, 0) is 17.1 Å². The summed E-state index contributed by atoms with van der Waals surface area (Å²) >= 11 is 0. The van der Waals surface area contributed by atoms with Gasteiger partial charge in [0.15, 0.2) is 0 Å². The van der Waals surface area contributed by atoms with Gasteiger partial charge in [-0.2, -0.15) is 0 Å². The molecule has 35 heavy (non-hydrogen) atoms. The average molecular weight is 497 g/mol. The first kappa shape index (κ1) is 24.1. The van der Waals surface area contributed by atoms with Crippen LogP contribution >= 0.6 is 0 Å². The quantitative estimate of drug-likeness (QED) is 0.398. The molecule has 180 valence electrons. The van der Waals surface area contributed by atoms with Gasteiger partial charge in [-0.1, -0.05) is 24.3 Å². The van der Waals surface area contributed by atoms with Gasteiger partial charge in [0.1, 0.15) is 23.5 Å². The van der Waals surface area contributed by atoms with Crippen molar-refractivity contribution in [2.45, 2.75) is 17.9 Å². The fourth-order valence-corrected chi connectivity index (χ4v) is 4.56. The number of halogens is 2. The van der Waals surface area contributed by atoms with Crippen LogP contribution in [0.5, 0.6) is 0 Å². The van der Waals surface area contributed by atoms with Crippen molar-refractivity contribution in [3.8, 4) is 0 Å². The van der Waals surface area contributed by atoms with Gasteiger partial charge in [-0.3, -0.25) is 9.52 Å². The summed E-state index contributed by atoms with van der Waals surface area (Å²) in [7, 11) is -2.30. The number of aryl methyl sites for hydroxylation is 2. The number of aromatic nitrogens is 2. The second-order valence-electron chi connectivity index (χ2n) is 7.95. The molecule has 1 atom stereocenters. The van der Waals surface area contributed by atoms with Crippen molar-refractivity contribution in [1.82, 2.24) is 14.9 Å². The van der Waals surface area contributed by atoms with Gasteiger partial charge >= 0.3 is 0 Å². The Hall–Kier alpha value is -4.05. The second-order valence-corrected chi connectivity index (χ2v) is 9.63. The van der Waals surface area contributed by atoms with Crippen molar-refractivity contribution in [3.05, 3.63) is 113 Å². The van der Waals surface area contributed by atoms with Gasteiger partial charge < -0.3 is 9.88 Å². The van der Waals surface area contributed by atoms with Crippen molar-refractivity contribution >= 4 is 21.6 Å². The number of rotatable bonds is 7. The summed E-state index contributed by atoms with van der Waals surface area (Å²) < 4.78 is 56.9. The van der Waals surface area contributed by atoms with E-state index >= 15 is 0 Å². The highest BCUT2D eigenvalue weighted by Crippen LogP contribution is 2.23. The molecule has 1 amide bonds. The lowest BCUT2D eigenvalue weighted by molar-refractivity contribution is 0.0941. The molecular weight excluding hydrogens is 474 g/mol. The summed E-state index contributed by atoms with van der Waals surface area (Å²) in [5, 5.41) is 2.88. The van der Waals surface area contributed by atoms with Gasteiger partial charge in [0.05, 0.1) is 4.90 Å². The van der Waals surface area contributed by atoms with Crippen LogP contribution in [0, 0.1) is 18.6 Å². The SMILES string of the molecule is Cc1ccc(S(=O)(=O)Nc2cccc(C(=O)N[C@H](c3ccc(F)cc3)c3nccn3C)c2)cc1F. The highest BCUT2D eigenvalue weighted by molar-refractivity contribution is 7.92. The number of nitrogens with zero attached hydrogens (tertiary/aromatic N) is 2. The Balaban J connectivity index is 1.59. The van der Waals surface area contributed by atoms with Crippen LogP contribution in [0.4, 0.5) is 14.5 Å². The standard InChI is InChI=1S/C25H22F2N4O3S/c1-16-6-11-21(15-22(16)27)35(33,34)30-20-5-3-4-18(14-20)25(32)29-23(24-28-12-13-31(24)2)17-7-9-19(26)10-8-17/h3-15,23,30H,1-2H3,(H,29,32)/t23-/m1/s1. The molecule has 0 unspecified atom stereocenters. The van der Waals surface area contributed by atoms with Gasteiger partial charge in [0.25, 0.3) is 15.9 Å². The normalized spacial score (nSPS) is 12.2. The molecule has 4 aromatic rings. The van der Waals surface area contributed by atoms with Crippen molar-refractivity contribution in [1.29, 1.82) is 0 Å². The van der Waals surface area contributed by atoms with E-state index in [0.29, 0.717) is 17.0 Å². The zero-order valence-corrected chi connectivity index (χ0v) is 19.7. The fraction of sp³-hybridized carbons (Fsp3) is 0.120. The number of sulfonamides is 1. The zero-order chi connectivity index (χ0) is 25.2. The van der Waals surface area contributed by atoms with Crippen LogP contribution < -0.4 is 10.0 Å². The first-order valence-electron chi connectivity index (χ1n) is 10.6. The highest BCUT2D eigenvalue weighted by Gasteiger charge is 2.22. The van der Waals surface area contributed by atoms with Crippen molar-refractivity contribution in [2.75, 3.05) is 4.72 Å². The number of imidazole rings is 1. The molecule has 1 heterocycles. The van der Waals surface area contributed by atoms with Crippen molar-refractivity contribution in [2.24, 2.45) is 7.05 Å². The van der Waals surface area contributed by atoms with E-state index in [1.165, 1.54) is 55.5 Å². The Morgan fingerprint density at radius 3 is 2.43 bits per heavy atom. The van der Waals surface area contributed by atoms with Crippen LogP contribution in [0.25, 0.3) is 0 Å². The Morgan fingerprint density at radius 1 is 1.03 bits per heavy atom. The number of nitrogens with one attached hydrogen (secondary N) is 2. The molecule has 10 heteroatoms. The molecule has 0 fully saturated rings. The van der Waals surface area contributed by atoms with E-state index in [9.17, 15) is 22.0 Å². The van der Waals surface area contributed by atoms with Gasteiger partial charge in [-0.05, 0) is 60.5 Å². The first-order chi connectivity index (χ1) is 16.6. The fourth-order valence-electron chi connectivity index (χ4n) is 3.50. The van der Waals surface area contributed by atoms with E-state index in [1.54, 1.807) is 36.1 Å². The monoisotopic (exact) mass is 496 g/mol. The van der Waals surface area contributed by atoms with Gasteiger partial charge in [0.2, 0.25) is 0 Å². The van der Waals surface area contributed by atoms with Gasteiger partial charge in [0, 0.05) is 30.7 Å². The number of anilines is 1. The van der Waals surface area contributed by atoms with E-state index in [4.69, 9.17) is 0 Å². The van der Waals surface area contributed by atoms with Gasteiger partial charge in [-0.25, -0.2) is 22.2 Å². The van der Waals surface area contributed by atoms with Crippen molar-refractivity contribution in [3.63, 3.8) is 0 Å². The lowest BCUT2D eigenvalue weighted by Gasteiger charge is -2.19. The maximum atomic E-state index is 13.9. The Bertz CT molecular complexity index is 1480. The lowest BCUT2D eigenvalue weighted by atomic mass is 10.0. The molecule has 0 bridgehead atoms. The van der Waals surface area contributed by atoms with Crippen LogP contribution in [0.15, 0.2) is 84.0 Å². The molecule has 7 nitrogen and oxygen atoms in total. The molecule has 0 saturated carbocycles. The summed E-state index contributed by atoms with van der Waals surface area (Å²) in [4.78, 5) is 17.2. The van der Waals surface area contributed by atoms with Crippen LogP contribution in [-0.4, -0.2) is 23.9 Å². The Kier molecular flexibility index (Phi) is 6.65. The van der Waals surface area contributed by atoms with Crippen molar-refractivity contribution < 1.29 is 22.0 Å². The molecule has 0 aliphatic carbocycles. The highest BCUT2D eigenvalue weighted by atomic mass is 32.2. The molecule has 0 aliphatic rings. The number of benzene rings is 3. The summed E-state index contributed by atoms with van der Waals surface area (Å²) in [5.41, 5.74) is 1.26. The molecule has 0 saturated heterocycles. The average Bonchev–Trinajstić information content (AvgIpc) is 3.25. The largest absolute Gasteiger partial charge is 0.338 e. The second kappa shape index (κ2) is 9.67. The predicted molar refractivity (Wildman–Crippen MR) is 127 cm³/mol. The molecule has 2 N–H and O–H groups in total. The molecule has 1 aromatic heterocycles. The van der Waals surface area contributed by atoms with E-state index < -0.39 is 33.6 Å². The maximum absolute atomic E-state index is 13.9. The minimum Gasteiger partial charge on any atom is -0.338 e. The molecule has 4 rings (SSSR count). The smallest absolute Gasteiger partial charge is 0.261 e. The number of hydrogen-bond acceptors (Lipinski definition) is 4. The Morgan fingerprint density at radius 2 is 1.77 bits per heavy atom. The molecular formula is C25H22F2N4O3S. The van der Waals surface area contributed by atoms with E-state index in [0.717, 1.165) is 6.07 Å². The molecule has 0 spiro atoms. The molecule has 3 aromatic carbocycles. The van der Waals surface area contributed by atoms with E-state index in [-0.39, 0.29) is 16.1 Å². The summed E-state index contributed by atoms with van der Waals surface area (Å²) in [5.74, 6) is -1.01. The summed E-state index contributed by atoms with van der Waals surface area (Å²) in [6, 6.07) is 14.5. The van der Waals surface area contributed by atoms with E-state index in [1.807, 2.05) is 0 Å².